The van der Waals surface area contributed by atoms with Crippen LogP contribution in [0.2, 0.25) is 0 Å². The minimum atomic E-state index is -0.722. The Hall–Kier alpha value is -2.68. The fraction of sp³-hybridized carbons (Fsp3) is 0. The summed E-state index contributed by atoms with van der Waals surface area (Å²) in [6, 6.07) is 2.94. The molecule has 1 aliphatic heterocycles. The fourth-order valence-electron chi connectivity index (χ4n) is 1.27. The van der Waals surface area contributed by atoms with Crippen LogP contribution in [0.3, 0.4) is 0 Å². The second-order valence-electron chi connectivity index (χ2n) is 3.53. The van der Waals surface area contributed by atoms with Gasteiger partial charge in [-0.3, -0.25) is 40.3 Å². The van der Waals surface area contributed by atoms with E-state index in [1.54, 1.807) is 0 Å². The van der Waals surface area contributed by atoms with Crippen molar-refractivity contribution in [2.45, 2.75) is 0 Å². The number of imide groups is 1. The number of hydrazine groups is 1. The summed E-state index contributed by atoms with van der Waals surface area (Å²) in [7, 11) is 0. The molecule has 2 rings (SSSR count). The molecular weight excluding hydrogens is 284 g/mol. The average Bonchev–Trinajstić information content (AvgIpc) is 2.75. The molecule has 1 aromatic rings. The maximum absolute atomic E-state index is 11.6. The van der Waals surface area contributed by atoms with Crippen LogP contribution in [0.1, 0.15) is 10.4 Å². The van der Waals surface area contributed by atoms with Crippen molar-refractivity contribution in [2.24, 2.45) is 0 Å². The lowest BCUT2D eigenvalue weighted by atomic mass is 10.3. The number of thioether (sulfide) groups is 1. The summed E-state index contributed by atoms with van der Waals surface area (Å²) in [6.07, 6.45) is 3.80. The molecule has 1 aliphatic rings. The molecular formula is C11H8N4O4S. The Morgan fingerprint density at radius 2 is 1.90 bits per heavy atom. The lowest BCUT2D eigenvalue weighted by molar-refractivity contribution is -0.118. The van der Waals surface area contributed by atoms with Gasteiger partial charge in [-0.25, -0.2) is 0 Å². The average molecular weight is 292 g/mol. The smallest absolute Gasteiger partial charge is 0.282 e. The minimum absolute atomic E-state index is 0.0364. The standard InChI is InChI=1S/C11H8N4O4S/c16-8(5-7-10(18)13-11(19)20-7)14-15-9(17)6-1-3-12-4-2-6/h1-5H,(H,14,16)(H,15,17)(H,13,18,19)/b7-5-. The van der Waals surface area contributed by atoms with Gasteiger partial charge >= 0.3 is 0 Å². The number of hydrogen-bond donors (Lipinski definition) is 3. The molecule has 4 amide bonds. The molecule has 20 heavy (non-hydrogen) atoms. The van der Waals surface area contributed by atoms with Crippen molar-refractivity contribution in [3.63, 3.8) is 0 Å². The second kappa shape index (κ2) is 5.97. The topological polar surface area (TPSA) is 117 Å². The molecule has 0 atom stereocenters. The van der Waals surface area contributed by atoms with Gasteiger partial charge in [-0.05, 0) is 23.9 Å². The number of pyridine rings is 1. The van der Waals surface area contributed by atoms with E-state index in [1.165, 1.54) is 24.5 Å². The van der Waals surface area contributed by atoms with Gasteiger partial charge in [-0.2, -0.15) is 0 Å². The molecule has 0 saturated carbocycles. The van der Waals surface area contributed by atoms with Crippen LogP contribution in [0.4, 0.5) is 4.79 Å². The summed E-state index contributed by atoms with van der Waals surface area (Å²) < 4.78 is 0. The van der Waals surface area contributed by atoms with Crippen molar-refractivity contribution in [2.75, 3.05) is 0 Å². The molecule has 0 bridgehead atoms. The fourth-order valence-corrected chi connectivity index (χ4v) is 1.92. The molecule has 1 fully saturated rings. The number of aromatic nitrogens is 1. The Balaban J connectivity index is 1.90. The number of amides is 4. The maximum Gasteiger partial charge on any atom is 0.290 e. The van der Waals surface area contributed by atoms with E-state index < -0.39 is 23.0 Å². The van der Waals surface area contributed by atoms with E-state index in [1.807, 2.05) is 5.32 Å². The largest absolute Gasteiger partial charge is 0.290 e. The van der Waals surface area contributed by atoms with Crippen molar-refractivity contribution in [1.82, 2.24) is 21.2 Å². The molecule has 102 valence electrons. The Bertz CT molecular complexity index is 614. The highest BCUT2D eigenvalue weighted by atomic mass is 32.2. The molecule has 0 unspecified atom stereocenters. The Kier molecular flexibility index (Phi) is 4.11. The van der Waals surface area contributed by atoms with Crippen LogP contribution in [-0.2, 0) is 9.59 Å². The van der Waals surface area contributed by atoms with Crippen LogP contribution in [-0.4, -0.2) is 27.9 Å². The SMILES string of the molecule is O=C(/C=C1\SC(=O)NC1=O)NNC(=O)c1ccncc1. The Labute approximate surface area is 117 Å². The van der Waals surface area contributed by atoms with Gasteiger partial charge in [-0.15, -0.1) is 0 Å². The Morgan fingerprint density at radius 3 is 2.50 bits per heavy atom. The van der Waals surface area contributed by atoms with Crippen LogP contribution in [0, 0.1) is 0 Å². The summed E-state index contributed by atoms with van der Waals surface area (Å²) in [5.74, 6) is -1.89. The first kappa shape index (κ1) is 13.7. The number of rotatable bonds is 2. The van der Waals surface area contributed by atoms with Gasteiger partial charge in [0.25, 0.3) is 23.0 Å². The number of nitrogens with one attached hydrogen (secondary N) is 3. The first-order chi connectivity index (χ1) is 9.56. The van der Waals surface area contributed by atoms with E-state index in [0.717, 1.165) is 6.08 Å². The van der Waals surface area contributed by atoms with Gasteiger partial charge in [0.15, 0.2) is 0 Å². The van der Waals surface area contributed by atoms with Crippen molar-refractivity contribution >= 4 is 34.7 Å². The highest BCUT2D eigenvalue weighted by molar-refractivity contribution is 8.18. The summed E-state index contributed by atoms with van der Waals surface area (Å²) >= 11 is 0.612. The predicted molar refractivity (Wildman–Crippen MR) is 69.1 cm³/mol. The van der Waals surface area contributed by atoms with Gasteiger partial charge in [0.05, 0.1) is 4.91 Å². The van der Waals surface area contributed by atoms with E-state index in [9.17, 15) is 19.2 Å². The van der Waals surface area contributed by atoms with Crippen molar-refractivity contribution in [3.8, 4) is 0 Å². The molecule has 3 N–H and O–H groups in total. The lowest BCUT2D eigenvalue weighted by Crippen LogP contribution is -2.41. The molecule has 0 aliphatic carbocycles. The van der Waals surface area contributed by atoms with E-state index in [2.05, 4.69) is 15.8 Å². The molecule has 2 heterocycles. The molecule has 1 aromatic heterocycles. The van der Waals surface area contributed by atoms with Crippen LogP contribution in [0.15, 0.2) is 35.5 Å². The van der Waals surface area contributed by atoms with Crippen molar-refractivity contribution in [1.29, 1.82) is 0 Å². The highest BCUT2D eigenvalue weighted by Crippen LogP contribution is 2.22. The number of carbonyl (C=O) groups excluding carboxylic acids is 4. The normalized spacial score (nSPS) is 15.9. The summed E-state index contributed by atoms with van der Waals surface area (Å²) in [6.45, 7) is 0. The van der Waals surface area contributed by atoms with Crippen molar-refractivity contribution in [3.05, 3.63) is 41.1 Å². The molecule has 1 saturated heterocycles. The lowest BCUT2D eigenvalue weighted by Gasteiger charge is -2.04. The van der Waals surface area contributed by atoms with Gasteiger partial charge in [0.1, 0.15) is 0 Å². The predicted octanol–water partition coefficient (Wildman–Crippen LogP) is -0.291. The van der Waals surface area contributed by atoms with Crippen LogP contribution in [0.5, 0.6) is 0 Å². The van der Waals surface area contributed by atoms with E-state index in [0.29, 0.717) is 17.3 Å². The van der Waals surface area contributed by atoms with Crippen LogP contribution >= 0.6 is 11.8 Å². The first-order valence-corrected chi connectivity index (χ1v) is 6.13. The minimum Gasteiger partial charge on any atom is -0.282 e. The van der Waals surface area contributed by atoms with E-state index in [-0.39, 0.29) is 4.91 Å². The zero-order valence-corrected chi connectivity index (χ0v) is 10.7. The van der Waals surface area contributed by atoms with Crippen LogP contribution < -0.4 is 16.2 Å². The second-order valence-corrected chi connectivity index (χ2v) is 4.55. The van der Waals surface area contributed by atoms with Gasteiger partial charge in [0, 0.05) is 24.0 Å². The molecule has 0 radical (unpaired) electrons. The third kappa shape index (κ3) is 3.42. The molecule has 0 aromatic carbocycles. The first-order valence-electron chi connectivity index (χ1n) is 5.31. The van der Waals surface area contributed by atoms with Crippen LogP contribution in [0.25, 0.3) is 0 Å². The monoisotopic (exact) mass is 292 g/mol. The summed E-state index contributed by atoms with van der Waals surface area (Å²) in [5.41, 5.74) is 4.58. The third-order valence-electron chi connectivity index (χ3n) is 2.15. The zero-order valence-electron chi connectivity index (χ0n) is 9.88. The molecule has 8 nitrogen and oxygen atoms in total. The summed E-state index contributed by atoms with van der Waals surface area (Å²) in [4.78, 5) is 48.8. The number of hydrogen-bond acceptors (Lipinski definition) is 6. The summed E-state index contributed by atoms with van der Waals surface area (Å²) in [5, 5.41) is 1.46. The zero-order chi connectivity index (χ0) is 14.5. The van der Waals surface area contributed by atoms with Gasteiger partial charge in [0.2, 0.25) is 0 Å². The highest BCUT2D eigenvalue weighted by Gasteiger charge is 2.25. The third-order valence-corrected chi connectivity index (χ3v) is 2.96. The van der Waals surface area contributed by atoms with Gasteiger partial charge < -0.3 is 0 Å². The van der Waals surface area contributed by atoms with Crippen molar-refractivity contribution < 1.29 is 19.2 Å². The van der Waals surface area contributed by atoms with E-state index in [4.69, 9.17) is 0 Å². The molecule has 9 heteroatoms. The Morgan fingerprint density at radius 1 is 1.20 bits per heavy atom. The number of nitrogens with zero attached hydrogens (tertiary/aromatic N) is 1. The molecule has 0 spiro atoms. The maximum atomic E-state index is 11.6. The quantitative estimate of drug-likeness (QED) is 0.509. The van der Waals surface area contributed by atoms with Gasteiger partial charge in [-0.1, -0.05) is 0 Å². The van der Waals surface area contributed by atoms with E-state index >= 15 is 0 Å². The number of carbonyl (C=O) groups is 4.